The number of nitrogens with zero attached hydrogens (tertiary/aromatic N) is 1. The Morgan fingerprint density at radius 1 is 1.10 bits per heavy atom. The Balaban J connectivity index is 2.19. The van der Waals surface area contributed by atoms with Gasteiger partial charge in [0.15, 0.2) is 0 Å². The van der Waals surface area contributed by atoms with Gasteiger partial charge in [-0.05, 0) is 56.3 Å². The largest absolute Gasteiger partial charge is 0.378 e. The Bertz CT molecular complexity index is 445. The Labute approximate surface area is 130 Å². The van der Waals surface area contributed by atoms with E-state index in [1.807, 2.05) is 0 Å². The maximum absolute atomic E-state index is 3.75. The molecule has 2 heteroatoms. The van der Waals surface area contributed by atoms with Crippen LogP contribution in [0.5, 0.6) is 0 Å². The van der Waals surface area contributed by atoms with E-state index in [0.717, 1.165) is 6.54 Å². The topological polar surface area (TPSA) is 15.3 Å². The van der Waals surface area contributed by atoms with Crippen LogP contribution in [0.3, 0.4) is 0 Å². The smallest absolute Gasteiger partial charge is 0.0536 e. The van der Waals surface area contributed by atoms with Crippen LogP contribution in [0, 0.1) is 0 Å². The monoisotopic (exact) mass is 286 g/mol. The standard InChI is InChI=1S/C19H30N2/c1-4-15-20-19(16-9-7-5-6-8-10-16)17-11-13-18(14-12-17)21(2)3/h9,11-14,19-20H,4-8,10,15H2,1-3H3. The molecule has 0 aromatic heterocycles. The molecule has 116 valence electrons. The molecule has 0 spiro atoms. The number of hydrogen-bond acceptors (Lipinski definition) is 2. The fraction of sp³-hybridized carbons (Fsp3) is 0.579. The molecule has 0 saturated heterocycles. The molecule has 1 N–H and O–H groups in total. The van der Waals surface area contributed by atoms with Gasteiger partial charge in [-0.25, -0.2) is 0 Å². The molecule has 0 bridgehead atoms. The van der Waals surface area contributed by atoms with Crippen molar-refractivity contribution in [1.29, 1.82) is 0 Å². The second kappa shape index (κ2) is 8.23. The quantitative estimate of drug-likeness (QED) is 0.764. The first kappa shape index (κ1) is 16.1. The van der Waals surface area contributed by atoms with E-state index in [1.165, 1.54) is 49.8 Å². The highest BCUT2D eigenvalue weighted by atomic mass is 15.1. The molecule has 1 aromatic rings. The third-order valence-electron chi connectivity index (χ3n) is 4.29. The first-order valence-corrected chi connectivity index (χ1v) is 8.42. The van der Waals surface area contributed by atoms with Crippen LogP contribution < -0.4 is 10.2 Å². The lowest BCUT2D eigenvalue weighted by atomic mass is 9.94. The van der Waals surface area contributed by atoms with Gasteiger partial charge in [-0.1, -0.05) is 37.1 Å². The summed E-state index contributed by atoms with van der Waals surface area (Å²) in [4.78, 5) is 2.16. The van der Waals surface area contributed by atoms with Gasteiger partial charge in [0.2, 0.25) is 0 Å². The van der Waals surface area contributed by atoms with Crippen LogP contribution in [0.1, 0.15) is 57.1 Å². The van der Waals surface area contributed by atoms with E-state index in [4.69, 9.17) is 0 Å². The van der Waals surface area contributed by atoms with Gasteiger partial charge in [-0.3, -0.25) is 0 Å². The predicted molar refractivity (Wildman–Crippen MR) is 93.0 cm³/mol. The summed E-state index contributed by atoms with van der Waals surface area (Å²) in [5.41, 5.74) is 4.27. The zero-order valence-electron chi connectivity index (χ0n) is 13.9. The third kappa shape index (κ3) is 4.60. The van der Waals surface area contributed by atoms with E-state index in [9.17, 15) is 0 Å². The van der Waals surface area contributed by atoms with Crippen molar-refractivity contribution in [3.05, 3.63) is 41.5 Å². The van der Waals surface area contributed by atoms with Crippen LogP contribution in [0.4, 0.5) is 5.69 Å². The Hall–Kier alpha value is -1.28. The lowest BCUT2D eigenvalue weighted by Gasteiger charge is -2.23. The second-order valence-corrected chi connectivity index (χ2v) is 6.25. The molecule has 21 heavy (non-hydrogen) atoms. The lowest BCUT2D eigenvalue weighted by molar-refractivity contribution is 0.567. The number of anilines is 1. The van der Waals surface area contributed by atoms with E-state index in [0.29, 0.717) is 6.04 Å². The maximum atomic E-state index is 3.75. The maximum Gasteiger partial charge on any atom is 0.0536 e. The average Bonchev–Trinajstić information content (AvgIpc) is 2.77. The first-order valence-electron chi connectivity index (χ1n) is 8.42. The fourth-order valence-corrected chi connectivity index (χ4v) is 3.02. The lowest BCUT2D eigenvalue weighted by Crippen LogP contribution is -2.24. The summed E-state index contributed by atoms with van der Waals surface area (Å²) in [6.45, 7) is 3.32. The minimum atomic E-state index is 0.402. The second-order valence-electron chi connectivity index (χ2n) is 6.25. The third-order valence-corrected chi connectivity index (χ3v) is 4.29. The van der Waals surface area contributed by atoms with Gasteiger partial charge >= 0.3 is 0 Å². The minimum Gasteiger partial charge on any atom is -0.378 e. The van der Waals surface area contributed by atoms with Crippen molar-refractivity contribution in [2.75, 3.05) is 25.5 Å². The summed E-state index contributed by atoms with van der Waals surface area (Å²) in [6.07, 6.45) is 10.2. The summed E-state index contributed by atoms with van der Waals surface area (Å²) in [5, 5.41) is 3.75. The molecule has 0 aliphatic heterocycles. The number of hydrogen-bond donors (Lipinski definition) is 1. The van der Waals surface area contributed by atoms with Crippen LogP contribution in [0.25, 0.3) is 0 Å². The molecule has 2 rings (SSSR count). The zero-order chi connectivity index (χ0) is 15.1. The molecular weight excluding hydrogens is 256 g/mol. The summed E-state index contributed by atoms with van der Waals surface area (Å²) >= 11 is 0. The molecule has 1 atom stereocenters. The number of nitrogens with one attached hydrogen (secondary N) is 1. The average molecular weight is 286 g/mol. The highest BCUT2D eigenvalue weighted by Gasteiger charge is 2.17. The molecule has 0 fully saturated rings. The molecule has 2 nitrogen and oxygen atoms in total. The number of rotatable bonds is 6. The zero-order valence-corrected chi connectivity index (χ0v) is 13.9. The van der Waals surface area contributed by atoms with Gasteiger partial charge in [0.1, 0.15) is 0 Å². The molecule has 0 radical (unpaired) electrons. The van der Waals surface area contributed by atoms with E-state index >= 15 is 0 Å². The molecule has 0 amide bonds. The van der Waals surface area contributed by atoms with Crippen molar-refractivity contribution in [1.82, 2.24) is 5.32 Å². The van der Waals surface area contributed by atoms with Crippen LogP contribution >= 0.6 is 0 Å². The SMILES string of the molecule is CCCNC(C1=CCCCCC1)c1ccc(N(C)C)cc1. The van der Waals surface area contributed by atoms with E-state index < -0.39 is 0 Å². The normalized spacial score (nSPS) is 17.0. The van der Waals surface area contributed by atoms with Gasteiger partial charge in [0.05, 0.1) is 6.04 Å². The van der Waals surface area contributed by atoms with Crippen molar-refractivity contribution < 1.29 is 0 Å². The van der Waals surface area contributed by atoms with Crippen molar-refractivity contribution in [2.24, 2.45) is 0 Å². The van der Waals surface area contributed by atoms with Gasteiger partial charge < -0.3 is 10.2 Å². The van der Waals surface area contributed by atoms with Gasteiger partial charge in [-0.2, -0.15) is 0 Å². The molecular formula is C19H30N2. The molecule has 1 aliphatic rings. The first-order chi connectivity index (χ1) is 10.2. The van der Waals surface area contributed by atoms with Crippen molar-refractivity contribution >= 4 is 5.69 Å². The van der Waals surface area contributed by atoms with Crippen molar-refractivity contribution in [3.63, 3.8) is 0 Å². The Morgan fingerprint density at radius 2 is 1.86 bits per heavy atom. The summed E-state index contributed by atoms with van der Waals surface area (Å²) < 4.78 is 0. The molecule has 0 heterocycles. The van der Waals surface area contributed by atoms with Crippen LogP contribution in [-0.2, 0) is 0 Å². The molecule has 1 aromatic carbocycles. The number of allylic oxidation sites excluding steroid dienone is 1. The van der Waals surface area contributed by atoms with Crippen molar-refractivity contribution in [3.8, 4) is 0 Å². The van der Waals surface area contributed by atoms with Crippen molar-refractivity contribution in [2.45, 2.75) is 51.5 Å². The molecule has 1 unspecified atom stereocenters. The molecule has 0 saturated carbocycles. The number of benzene rings is 1. The van der Waals surface area contributed by atoms with Crippen LogP contribution in [0.15, 0.2) is 35.9 Å². The van der Waals surface area contributed by atoms with Gasteiger partial charge in [0, 0.05) is 19.8 Å². The molecule has 1 aliphatic carbocycles. The summed E-state index contributed by atoms with van der Waals surface area (Å²) in [5.74, 6) is 0. The van der Waals surface area contributed by atoms with E-state index in [2.05, 4.69) is 61.6 Å². The van der Waals surface area contributed by atoms with Gasteiger partial charge in [-0.15, -0.1) is 0 Å². The highest BCUT2D eigenvalue weighted by Crippen LogP contribution is 2.30. The highest BCUT2D eigenvalue weighted by molar-refractivity contribution is 5.47. The van der Waals surface area contributed by atoms with Gasteiger partial charge in [0.25, 0.3) is 0 Å². The fourth-order valence-electron chi connectivity index (χ4n) is 3.02. The predicted octanol–water partition coefficient (Wildman–Crippen LogP) is 4.68. The summed E-state index contributed by atoms with van der Waals surface area (Å²) in [7, 11) is 4.19. The summed E-state index contributed by atoms with van der Waals surface area (Å²) in [6, 6.07) is 9.43. The Kier molecular flexibility index (Phi) is 6.31. The Morgan fingerprint density at radius 3 is 2.52 bits per heavy atom. The van der Waals surface area contributed by atoms with E-state index in [1.54, 1.807) is 5.57 Å². The van der Waals surface area contributed by atoms with Crippen LogP contribution in [0.2, 0.25) is 0 Å². The van der Waals surface area contributed by atoms with E-state index in [-0.39, 0.29) is 0 Å². The minimum absolute atomic E-state index is 0.402. The van der Waals surface area contributed by atoms with Crippen LogP contribution in [-0.4, -0.2) is 20.6 Å².